The third kappa shape index (κ3) is 4.50. The van der Waals surface area contributed by atoms with Crippen LogP contribution in [-0.4, -0.2) is 30.1 Å². The van der Waals surface area contributed by atoms with Crippen LogP contribution in [0.15, 0.2) is 48.5 Å². The molecule has 1 amide bonds. The Morgan fingerprint density at radius 3 is 2.32 bits per heavy atom. The first kappa shape index (κ1) is 19.9. The lowest BCUT2D eigenvalue weighted by Gasteiger charge is -2.19. The Hall–Kier alpha value is -2.89. The number of carboxylic acid groups (broad SMARTS) is 1. The van der Waals surface area contributed by atoms with Crippen molar-refractivity contribution in [1.29, 1.82) is 0 Å². The number of carbonyl (C=O) groups is 2. The van der Waals surface area contributed by atoms with Gasteiger partial charge in [0, 0.05) is 6.54 Å². The maximum absolute atomic E-state index is 13.1. The highest BCUT2D eigenvalue weighted by atomic mass is 19.1. The molecule has 0 spiro atoms. The summed E-state index contributed by atoms with van der Waals surface area (Å²) < 4.78 is 18.5. The topological polar surface area (TPSA) is 75.6 Å². The van der Waals surface area contributed by atoms with Crippen molar-refractivity contribution in [3.05, 3.63) is 65.5 Å². The van der Waals surface area contributed by atoms with E-state index >= 15 is 0 Å². The summed E-state index contributed by atoms with van der Waals surface area (Å²) >= 11 is 0. The van der Waals surface area contributed by atoms with E-state index in [0.29, 0.717) is 25.9 Å². The average Bonchev–Trinajstić information content (AvgIpc) is 3.49. The Kier molecular flexibility index (Phi) is 5.97. The van der Waals surface area contributed by atoms with Gasteiger partial charge in [-0.05, 0) is 61.6 Å². The molecule has 0 heterocycles. The fourth-order valence-corrected chi connectivity index (χ4v) is 3.35. The molecule has 2 N–H and O–H groups in total. The van der Waals surface area contributed by atoms with Gasteiger partial charge in [0.05, 0.1) is 17.9 Å². The van der Waals surface area contributed by atoms with Crippen molar-refractivity contribution in [2.45, 2.75) is 31.6 Å². The normalized spacial score (nSPS) is 15.5. The lowest BCUT2D eigenvalue weighted by molar-refractivity contribution is -0.141. The van der Waals surface area contributed by atoms with Crippen molar-refractivity contribution in [1.82, 2.24) is 5.32 Å². The first-order valence-corrected chi connectivity index (χ1v) is 9.43. The summed E-state index contributed by atoms with van der Waals surface area (Å²) in [6.45, 7) is 2.51. The Morgan fingerprint density at radius 2 is 1.79 bits per heavy atom. The molecule has 6 heteroatoms. The van der Waals surface area contributed by atoms with E-state index < -0.39 is 17.3 Å². The zero-order valence-corrected chi connectivity index (χ0v) is 15.8. The SMILES string of the molecule is CCOc1ccc(CC(CNC(=O)C2(c3ccc(F)cc3)CC2)C(=O)O)cc1. The number of benzene rings is 2. The predicted octanol–water partition coefficient (Wildman–Crippen LogP) is 3.32. The zero-order chi connectivity index (χ0) is 20.1. The molecule has 0 bridgehead atoms. The van der Waals surface area contributed by atoms with Gasteiger partial charge in [-0.1, -0.05) is 24.3 Å². The highest BCUT2D eigenvalue weighted by Gasteiger charge is 2.51. The summed E-state index contributed by atoms with van der Waals surface area (Å²) in [7, 11) is 0. The standard InChI is InChI=1S/C22H24FNO4/c1-2-28-19-9-3-15(4-10-19)13-16(20(25)26)14-24-21(27)22(11-12-22)17-5-7-18(23)8-6-17/h3-10,16H,2,11-14H2,1H3,(H,24,27)(H,25,26). The van der Waals surface area contributed by atoms with Crippen LogP contribution in [-0.2, 0) is 21.4 Å². The van der Waals surface area contributed by atoms with Crippen LogP contribution < -0.4 is 10.1 Å². The van der Waals surface area contributed by atoms with Crippen molar-refractivity contribution in [3.63, 3.8) is 0 Å². The van der Waals surface area contributed by atoms with Gasteiger partial charge in [0.1, 0.15) is 11.6 Å². The van der Waals surface area contributed by atoms with Crippen LogP contribution in [0, 0.1) is 11.7 Å². The van der Waals surface area contributed by atoms with Gasteiger partial charge < -0.3 is 15.2 Å². The first-order valence-electron chi connectivity index (χ1n) is 9.43. The highest BCUT2D eigenvalue weighted by molar-refractivity contribution is 5.91. The molecule has 1 atom stereocenters. The largest absolute Gasteiger partial charge is 0.494 e. The van der Waals surface area contributed by atoms with E-state index in [2.05, 4.69) is 5.32 Å². The van der Waals surface area contributed by atoms with Crippen molar-refractivity contribution in [2.24, 2.45) is 5.92 Å². The minimum atomic E-state index is -0.958. The molecule has 148 valence electrons. The molecule has 1 saturated carbocycles. The second-order valence-electron chi connectivity index (χ2n) is 7.12. The van der Waals surface area contributed by atoms with Gasteiger partial charge in [-0.15, -0.1) is 0 Å². The molecule has 28 heavy (non-hydrogen) atoms. The van der Waals surface area contributed by atoms with Crippen molar-refractivity contribution in [3.8, 4) is 5.75 Å². The molecule has 1 aliphatic rings. The third-order valence-corrected chi connectivity index (χ3v) is 5.16. The number of aliphatic carboxylic acids is 1. The van der Waals surface area contributed by atoms with Gasteiger partial charge in [-0.2, -0.15) is 0 Å². The fourth-order valence-electron chi connectivity index (χ4n) is 3.35. The average molecular weight is 385 g/mol. The Balaban J connectivity index is 1.61. The van der Waals surface area contributed by atoms with Crippen LogP contribution in [0.4, 0.5) is 4.39 Å². The van der Waals surface area contributed by atoms with E-state index in [9.17, 15) is 19.1 Å². The molecule has 5 nitrogen and oxygen atoms in total. The quantitative estimate of drug-likeness (QED) is 0.694. The van der Waals surface area contributed by atoms with Crippen LogP contribution in [0.1, 0.15) is 30.9 Å². The zero-order valence-electron chi connectivity index (χ0n) is 15.8. The Bertz CT molecular complexity index is 829. The molecule has 2 aromatic rings. The number of hydrogen-bond acceptors (Lipinski definition) is 3. The lowest BCUT2D eigenvalue weighted by Crippen LogP contribution is -2.40. The molecule has 0 aromatic heterocycles. The van der Waals surface area contributed by atoms with E-state index in [4.69, 9.17) is 4.74 Å². The summed E-state index contributed by atoms with van der Waals surface area (Å²) in [5, 5.41) is 12.3. The van der Waals surface area contributed by atoms with Gasteiger partial charge in [-0.25, -0.2) is 4.39 Å². The molecule has 1 unspecified atom stereocenters. The van der Waals surface area contributed by atoms with E-state index in [0.717, 1.165) is 16.9 Å². The summed E-state index contributed by atoms with van der Waals surface area (Å²) in [5.74, 6) is -1.49. The van der Waals surface area contributed by atoms with Gasteiger partial charge in [-0.3, -0.25) is 9.59 Å². The summed E-state index contributed by atoms with van der Waals surface area (Å²) in [4.78, 5) is 24.3. The van der Waals surface area contributed by atoms with E-state index in [-0.39, 0.29) is 18.3 Å². The molecule has 0 aliphatic heterocycles. The Labute approximate surface area is 163 Å². The van der Waals surface area contributed by atoms with E-state index in [1.165, 1.54) is 12.1 Å². The minimum absolute atomic E-state index is 0.0460. The predicted molar refractivity (Wildman–Crippen MR) is 103 cm³/mol. The summed E-state index contributed by atoms with van der Waals surface area (Å²) in [6.07, 6.45) is 1.67. The summed E-state index contributed by atoms with van der Waals surface area (Å²) in [5.41, 5.74) is 0.977. The van der Waals surface area contributed by atoms with Crippen molar-refractivity contribution >= 4 is 11.9 Å². The number of carboxylic acids is 1. The molecule has 0 saturated heterocycles. The third-order valence-electron chi connectivity index (χ3n) is 5.16. The second kappa shape index (κ2) is 8.42. The molecule has 2 aromatic carbocycles. The Morgan fingerprint density at radius 1 is 1.14 bits per heavy atom. The number of nitrogens with one attached hydrogen (secondary N) is 1. The van der Waals surface area contributed by atoms with Crippen molar-refractivity contribution in [2.75, 3.05) is 13.2 Å². The van der Waals surface area contributed by atoms with Gasteiger partial charge in [0.2, 0.25) is 5.91 Å². The molecular formula is C22H24FNO4. The highest BCUT2D eigenvalue weighted by Crippen LogP contribution is 2.48. The van der Waals surface area contributed by atoms with E-state index in [1.54, 1.807) is 12.1 Å². The second-order valence-corrected chi connectivity index (χ2v) is 7.12. The van der Waals surface area contributed by atoms with Crippen molar-refractivity contribution < 1.29 is 23.8 Å². The van der Waals surface area contributed by atoms with Crippen LogP contribution in [0.3, 0.4) is 0 Å². The van der Waals surface area contributed by atoms with Gasteiger partial charge >= 0.3 is 5.97 Å². The monoisotopic (exact) mass is 385 g/mol. The van der Waals surface area contributed by atoms with E-state index in [1.807, 2.05) is 31.2 Å². The minimum Gasteiger partial charge on any atom is -0.494 e. The molecule has 1 aliphatic carbocycles. The number of halogens is 1. The summed E-state index contributed by atoms with van der Waals surface area (Å²) in [6, 6.07) is 13.2. The maximum atomic E-state index is 13.1. The number of rotatable bonds is 9. The molecule has 0 radical (unpaired) electrons. The number of hydrogen-bond donors (Lipinski definition) is 2. The van der Waals surface area contributed by atoms with Crippen LogP contribution in [0.5, 0.6) is 5.75 Å². The van der Waals surface area contributed by atoms with Crippen LogP contribution in [0.25, 0.3) is 0 Å². The van der Waals surface area contributed by atoms with Gasteiger partial charge in [0.25, 0.3) is 0 Å². The molecule has 3 rings (SSSR count). The fraction of sp³-hybridized carbons (Fsp3) is 0.364. The smallest absolute Gasteiger partial charge is 0.308 e. The number of ether oxygens (including phenoxy) is 1. The number of amides is 1. The molecule has 1 fully saturated rings. The first-order chi connectivity index (χ1) is 13.4. The van der Waals surface area contributed by atoms with Crippen LogP contribution >= 0.6 is 0 Å². The van der Waals surface area contributed by atoms with Crippen LogP contribution in [0.2, 0.25) is 0 Å². The molecular weight excluding hydrogens is 361 g/mol. The maximum Gasteiger partial charge on any atom is 0.308 e. The lowest BCUT2D eigenvalue weighted by atomic mass is 9.94. The van der Waals surface area contributed by atoms with Gasteiger partial charge in [0.15, 0.2) is 0 Å². The number of carbonyl (C=O) groups excluding carboxylic acids is 1.